The van der Waals surface area contributed by atoms with E-state index in [9.17, 15) is 0 Å². The zero-order valence-corrected chi connectivity index (χ0v) is 17.3. The molecule has 26 heavy (non-hydrogen) atoms. The smallest absolute Gasteiger partial charge is 0.215 e. The Morgan fingerprint density at radius 1 is 1.12 bits per heavy atom. The summed E-state index contributed by atoms with van der Waals surface area (Å²) in [5.41, 5.74) is 5.44. The number of nitrogens with one attached hydrogen (secondary N) is 1. The number of rotatable bonds is 2. The van der Waals surface area contributed by atoms with Crippen molar-refractivity contribution in [3.8, 4) is 0 Å². The van der Waals surface area contributed by atoms with Crippen molar-refractivity contribution in [1.29, 1.82) is 0 Å². The van der Waals surface area contributed by atoms with Crippen LogP contribution >= 0.6 is 28.1 Å². The van der Waals surface area contributed by atoms with Crippen LogP contribution in [-0.2, 0) is 12.0 Å². The van der Waals surface area contributed by atoms with Gasteiger partial charge in [0.1, 0.15) is 5.52 Å². The van der Waals surface area contributed by atoms with E-state index in [-0.39, 0.29) is 5.41 Å². The van der Waals surface area contributed by atoms with Gasteiger partial charge in [-0.1, -0.05) is 61.0 Å². The molecule has 0 atom stereocenters. The van der Waals surface area contributed by atoms with Crippen molar-refractivity contribution in [2.45, 2.75) is 32.7 Å². The van der Waals surface area contributed by atoms with Gasteiger partial charge in [-0.3, -0.25) is 5.10 Å². The Balaban J connectivity index is 1.87. The van der Waals surface area contributed by atoms with Crippen LogP contribution in [-0.4, -0.2) is 19.7 Å². The number of halogens is 1. The molecule has 0 fully saturated rings. The second kappa shape index (κ2) is 6.28. The summed E-state index contributed by atoms with van der Waals surface area (Å²) < 4.78 is 3.59. The fourth-order valence-corrected chi connectivity index (χ4v) is 3.69. The molecule has 0 aliphatic heterocycles. The van der Waals surface area contributed by atoms with E-state index in [4.69, 9.17) is 12.2 Å². The molecule has 0 saturated carbocycles. The number of fused-ring (bicyclic) bond motifs is 3. The van der Waals surface area contributed by atoms with Gasteiger partial charge < -0.3 is 4.57 Å². The van der Waals surface area contributed by atoms with Crippen LogP contribution in [0.15, 0.2) is 46.9 Å². The van der Waals surface area contributed by atoms with Crippen LogP contribution in [0.25, 0.3) is 22.1 Å². The Bertz CT molecular complexity index is 1170. The molecule has 0 aliphatic carbocycles. The van der Waals surface area contributed by atoms with Gasteiger partial charge in [-0.05, 0) is 47.0 Å². The molecule has 2 aromatic carbocycles. The van der Waals surface area contributed by atoms with Crippen LogP contribution in [0.1, 0.15) is 31.9 Å². The van der Waals surface area contributed by atoms with Crippen molar-refractivity contribution >= 4 is 50.2 Å². The van der Waals surface area contributed by atoms with Crippen molar-refractivity contribution in [2.24, 2.45) is 0 Å². The molecular formula is C20H19BrN4S. The first-order valence-electron chi connectivity index (χ1n) is 8.46. The van der Waals surface area contributed by atoms with Gasteiger partial charge >= 0.3 is 0 Å². The third kappa shape index (κ3) is 3.08. The molecule has 6 heteroatoms. The van der Waals surface area contributed by atoms with Gasteiger partial charge in [0.2, 0.25) is 4.77 Å². The van der Waals surface area contributed by atoms with E-state index in [1.165, 1.54) is 11.1 Å². The predicted molar refractivity (Wildman–Crippen MR) is 112 cm³/mol. The molecule has 0 bridgehead atoms. The number of aromatic nitrogens is 4. The summed E-state index contributed by atoms with van der Waals surface area (Å²) in [6.07, 6.45) is 0. The quantitative estimate of drug-likeness (QED) is 0.415. The highest BCUT2D eigenvalue weighted by molar-refractivity contribution is 9.10. The molecule has 1 N–H and O–H groups in total. The Labute approximate surface area is 165 Å². The van der Waals surface area contributed by atoms with Crippen molar-refractivity contribution in [3.63, 3.8) is 0 Å². The van der Waals surface area contributed by atoms with E-state index >= 15 is 0 Å². The van der Waals surface area contributed by atoms with Crippen LogP contribution < -0.4 is 0 Å². The van der Waals surface area contributed by atoms with Crippen LogP contribution in [0, 0.1) is 4.77 Å². The first kappa shape index (κ1) is 17.4. The minimum Gasteiger partial charge on any atom is -0.319 e. The molecule has 0 spiro atoms. The lowest BCUT2D eigenvalue weighted by Crippen LogP contribution is -2.11. The Kier molecular flexibility index (Phi) is 4.20. The van der Waals surface area contributed by atoms with Crippen LogP contribution in [0.2, 0.25) is 0 Å². The van der Waals surface area contributed by atoms with Gasteiger partial charge in [0.15, 0.2) is 5.65 Å². The van der Waals surface area contributed by atoms with Crippen LogP contribution in [0.4, 0.5) is 0 Å². The van der Waals surface area contributed by atoms with Gasteiger partial charge in [0.05, 0.1) is 5.52 Å². The molecule has 0 saturated heterocycles. The number of hydrogen-bond acceptors (Lipinski definition) is 3. The Morgan fingerprint density at radius 2 is 1.85 bits per heavy atom. The van der Waals surface area contributed by atoms with Crippen molar-refractivity contribution in [1.82, 2.24) is 19.7 Å². The minimum absolute atomic E-state index is 0.149. The topological polar surface area (TPSA) is 46.5 Å². The second-order valence-electron chi connectivity index (χ2n) is 7.51. The number of nitrogens with zero attached hydrogens (tertiary/aromatic N) is 3. The molecular weight excluding hydrogens is 408 g/mol. The molecule has 0 unspecified atom stereocenters. The fourth-order valence-electron chi connectivity index (χ4n) is 3.20. The van der Waals surface area contributed by atoms with Gasteiger partial charge in [-0.25, -0.2) is 0 Å². The third-order valence-electron chi connectivity index (χ3n) is 4.60. The molecule has 4 rings (SSSR count). The summed E-state index contributed by atoms with van der Waals surface area (Å²) in [4.78, 5) is 4.54. The maximum absolute atomic E-state index is 5.20. The summed E-state index contributed by atoms with van der Waals surface area (Å²) in [5, 5.41) is 8.29. The molecule has 0 radical (unpaired) electrons. The molecule has 132 valence electrons. The molecule has 4 aromatic rings. The molecule has 4 nitrogen and oxygen atoms in total. The summed E-state index contributed by atoms with van der Waals surface area (Å²) >= 11 is 8.75. The Morgan fingerprint density at radius 3 is 2.54 bits per heavy atom. The number of aromatic amines is 1. The maximum Gasteiger partial charge on any atom is 0.215 e. The van der Waals surface area contributed by atoms with Crippen LogP contribution in [0.3, 0.4) is 0 Å². The number of hydrogen-bond donors (Lipinski definition) is 1. The highest BCUT2D eigenvalue weighted by Crippen LogP contribution is 2.29. The molecule has 0 aliphatic rings. The normalized spacial score (nSPS) is 12.2. The van der Waals surface area contributed by atoms with E-state index in [1.54, 1.807) is 0 Å². The van der Waals surface area contributed by atoms with E-state index in [0.29, 0.717) is 4.77 Å². The second-order valence-corrected chi connectivity index (χ2v) is 8.81. The largest absolute Gasteiger partial charge is 0.319 e. The summed E-state index contributed by atoms with van der Waals surface area (Å²) in [5.74, 6) is 0. The average Bonchev–Trinajstić information content (AvgIpc) is 2.87. The zero-order valence-electron chi connectivity index (χ0n) is 14.9. The standard InChI is InChI=1S/C20H19BrN4S/c1-20(2,3)13-6-4-12(5-7-13)11-25-16-9-8-14(21)10-15(16)17-18(25)22-19(26)24-23-17/h4-10H,11H2,1-3H3,(H,22,24,26). The number of benzene rings is 2. The van der Waals surface area contributed by atoms with Gasteiger partial charge in [-0.2, -0.15) is 10.1 Å². The average molecular weight is 427 g/mol. The lowest BCUT2D eigenvalue weighted by molar-refractivity contribution is 0.590. The first-order valence-corrected chi connectivity index (χ1v) is 9.67. The third-order valence-corrected chi connectivity index (χ3v) is 5.28. The van der Waals surface area contributed by atoms with Crippen molar-refractivity contribution < 1.29 is 0 Å². The fraction of sp³-hybridized carbons (Fsp3) is 0.250. The van der Waals surface area contributed by atoms with Crippen LogP contribution in [0.5, 0.6) is 0 Å². The lowest BCUT2D eigenvalue weighted by atomic mass is 9.87. The SMILES string of the molecule is CC(C)(C)c1ccc(Cn2c3ccc(Br)cc3c3n[nH]c(=S)nc32)cc1. The zero-order chi connectivity index (χ0) is 18.5. The van der Waals surface area contributed by atoms with Crippen molar-refractivity contribution in [3.05, 3.63) is 62.8 Å². The maximum atomic E-state index is 5.20. The summed E-state index contributed by atoms with van der Waals surface area (Å²) in [6, 6.07) is 15.0. The monoisotopic (exact) mass is 426 g/mol. The number of H-pyrrole nitrogens is 1. The van der Waals surface area contributed by atoms with E-state index < -0.39 is 0 Å². The first-order chi connectivity index (χ1) is 12.3. The highest BCUT2D eigenvalue weighted by atomic mass is 79.9. The summed E-state index contributed by atoms with van der Waals surface area (Å²) in [6.45, 7) is 7.40. The van der Waals surface area contributed by atoms with Gasteiger partial charge in [0, 0.05) is 16.4 Å². The highest BCUT2D eigenvalue weighted by Gasteiger charge is 2.16. The summed E-state index contributed by atoms with van der Waals surface area (Å²) in [7, 11) is 0. The van der Waals surface area contributed by atoms with Gasteiger partial charge in [-0.15, -0.1) is 0 Å². The molecule has 0 amide bonds. The molecule has 2 heterocycles. The van der Waals surface area contributed by atoms with Gasteiger partial charge in [0.25, 0.3) is 0 Å². The molecule has 2 aromatic heterocycles. The lowest BCUT2D eigenvalue weighted by Gasteiger charge is -2.19. The Hall–Kier alpha value is -2.05. The van der Waals surface area contributed by atoms with E-state index in [1.807, 2.05) is 6.07 Å². The van der Waals surface area contributed by atoms with E-state index in [2.05, 4.69) is 92.8 Å². The van der Waals surface area contributed by atoms with E-state index in [0.717, 1.165) is 33.1 Å². The minimum atomic E-state index is 0.149. The van der Waals surface area contributed by atoms with Crippen molar-refractivity contribution in [2.75, 3.05) is 0 Å². The predicted octanol–water partition coefficient (Wildman–Crippen LogP) is 5.75.